The molecule has 18 heteroatoms. The molecule has 0 spiro atoms. The highest BCUT2D eigenvalue weighted by Crippen LogP contribution is 2.64. The third kappa shape index (κ3) is 7.88. The van der Waals surface area contributed by atoms with E-state index in [-0.39, 0.29) is 23.1 Å². The molecule has 1 aliphatic heterocycles. The van der Waals surface area contributed by atoms with E-state index in [1.165, 1.54) is 39.8 Å². The Hall–Kier alpha value is -4.88. The highest BCUT2D eigenvalue weighted by atomic mass is 19.4. The minimum atomic E-state index is -4.88. The molecule has 15 nitrogen and oxygen atoms in total. The Morgan fingerprint density at radius 1 is 0.968 bits per heavy atom. The second kappa shape index (κ2) is 16.0. The molecule has 2 saturated carbocycles. The van der Waals surface area contributed by atoms with Gasteiger partial charge >= 0.3 is 30.2 Å². The van der Waals surface area contributed by atoms with Crippen molar-refractivity contribution in [3.8, 4) is 0 Å². The Morgan fingerprint density at radius 2 is 1.61 bits per heavy atom. The van der Waals surface area contributed by atoms with Gasteiger partial charge in [-0.15, -0.1) is 0 Å². The second-order valence-electron chi connectivity index (χ2n) is 18.3. The number of nitrogens with one attached hydrogen (secondary N) is 1. The van der Waals surface area contributed by atoms with Crippen molar-refractivity contribution in [2.24, 2.45) is 16.7 Å². The number of halogens is 3. The van der Waals surface area contributed by atoms with Gasteiger partial charge in [0.2, 0.25) is 0 Å². The molecule has 6 rings (SSSR count). The number of carbonyl (C=O) groups excluding carboxylic acids is 5. The van der Waals surface area contributed by atoms with Gasteiger partial charge < -0.3 is 49.4 Å². The van der Waals surface area contributed by atoms with Crippen LogP contribution in [0, 0.1) is 16.7 Å². The Morgan fingerprint density at radius 3 is 2.18 bits per heavy atom. The molecule has 4 aliphatic rings. The fourth-order valence-electron chi connectivity index (χ4n) is 9.81. The minimum Gasteiger partial charge on any atom is -0.456 e. The standard InChI is InChI=1S/C44H52F3NO14/c1-21-26(59-37(55)32(52)30(23-13-10-9-11-14-23)48-38(56)62-39(3,4)5)19-43(57)35(60-36(54)24-15-12-16-25(17-24)44(45,46)47)33-41(8,34(53)31(51)29(21)40(43,6)7)27(50)18-28-42(33,20-58-28)61-22(2)49/h9-17,26-28,30-33,35,50-52,57H,18-20H2,1-8H3,(H,48,56)/t26-,27-,28+,30-,31+,32+,33-,35-,41+,42-,43+/m0/s1. The monoisotopic (exact) mass is 875 g/mol. The number of esters is 3. The first kappa shape index (κ1) is 46.6. The first-order valence-electron chi connectivity index (χ1n) is 20.1. The zero-order valence-corrected chi connectivity index (χ0v) is 35.4. The number of ketones is 1. The SMILES string of the molecule is CC(=O)O[C@@]12CO[C@@H]1C[C@H](O)[C@@]1(C)C(=O)[C@H](O)C3=C(C)[C@@H](OC(=O)[C@H](O)[C@@H](NC(=O)OC(C)(C)C)c4ccccc4)C[C@@](O)([C@@H](OC(=O)c4cccc(C(F)(F)F)c4)[C@H]21)C3(C)C. The van der Waals surface area contributed by atoms with Crippen molar-refractivity contribution in [3.05, 3.63) is 82.4 Å². The number of amides is 1. The summed E-state index contributed by atoms with van der Waals surface area (Å²) in [6, 6.07) is 9.67. The number of aliphatic hydroxyl groups is 4. The number of ether oxygens (including phenoxy) is 5. The van der Waals surface area contributed by atoms with Gasteiger partial charge in [-0.05, 0) is 69.5 Å². The summed E-state index contributed by atoms with van der Waals surface area (Å²) in [7, 11) is 0. The minimum absolute atomic E-state index is 0.0345. The molecule has 11 atom stereocenters. The summed E-state index contributed by atoms with van der Waals surface area (Å²) in [5, 5.41) is 51.5. The predicted octanol–water partition coefficient (Wildman–Crippen LogP) is 4.28. The molecule has 0 unspecified atom stereocenters. The van der Waals surface area contributed by atoms with E-state index in [0.717, 1.165) is 25.1 Å². The Bertz CT molecular complexity index is 2150. The van der Waals surface area contributed by atoms with E-state index < -0.39 is 136 Å². The van der Waals surface area contributed by atoms with Crippen LogP contribution in [0.5, 0.6) is 0 Å². The van der Waals surface area contributed by atoms with Gasteiger partial charge in [0, 0.05) is 25.2 Å². The fraction of sp³-hybridized carbons (Fsp3) is 0.568. The summed E-state index contributed by atoms with van der Waals surface area (Å²) in [6.07, 6.45) is -17.8. The lowest BCUT2D eigenvalue weighted by molar-refractivity contribution is -0.346. The number of carbonyl (C=O) groups is 5. The van der Waals surface area contributed by atoms with Crippen LogP contribution in [0.15, 0.2) is 65.7 Å². The molecule has 3 aliphatic carbocycles. The van der Waals surface area contributed by atoms with E-state index in [4.69, 9.17) is 23.7 Å². The van der Waals surface area contributed by atoms with Crippen molar-refractivity contribution in [1.82, 2.24) is 5.32 Å². The van der Waals surface area contributed by atoms with Crippen molar-refractivity contribution in [2.45, 2.75) is 134 Å². The van der Waals surface area contributed by atoms with Crippen LogP contribution in [0.4, 0.5) is 18.0 Å². The Balaban J connectivity index is 1.50. The molecule has 3 fully saturated rings. The fourth-order valence-corrected chi connectivity index (χ4v) is 9.81. The molecule has 338 valence electrons. The Labute approximate surface area is 355 Å². The van der Waals surface area contributed by atoms with E-state index in [9.17, 15) is 57.6 Å². The molecule has 1 saturated heterocycles. The van der Waals surface area contributed by atoms with E-state index in [1.807, 2.05) is 0 Å². The largest absolute Gasteiger partial charge is 0.456 e. The summed E-state index contributed by atoms with van der Waals surface area (Å²) in [5.74, 6) is -6.47. The van der Waals surface area contributed by atoms with Gasteiger partial charge in [-0.3, -0.25) is 9.59 Å². The van der Waals surface area contributed by atoms with Gasteiger partial charge in [-0.2, -0.15) is 13.2 Å². The number of rotatable bonds is 8. The molecular formula is C44H52F3NO14. The number of Topliss-reactive ketones (excluding diaryl/α,β-unsaturated/α-hetero) is 1. The van der Waals surface area contributed by atoms with Crippen molar-refractivity contribution in [1.29, 1.82) is 0 Å². The number of fused-ring (bicyclic) bond motifs is 5. The number of benzene rings is 2. The topological polar surface area (TPSA) is 224 Å². The third-order valence-electron chi connectivity index (χ3n) is 13.0. The number of hydrogen-bond acceptors (Lipinski definition) is 14. The molecule has 5 N–H and O–H groups in total. The zero-order chi connectivity index (χ0) is 46.1. The molecule has 0 radical (unpaired) electrons. The van der Waals surface area contributed by atoms with Crippen molar-refractivity contribution < 1.29 is 81.3 Å². The van der Waals surface area contributed by atoms with Crippen LogP contribution in [0.1, 0.15) is 95.8 Å². The van der Waals surface area contributed by atoms with Gasteiger partial charge in [0.05, 0.1) is 41.2 Å². The maximum atomic E-state index is 15.0. The average molecular weight is 876 g/mol. The van der Waals surface area contributed by atoms with Gasteiger partial charge in [-0.1, -0.05) is 50.2 Å². The second-order valence-corrected chi connectivity index (χ2v) is 18.3. The van der Waals surface area contributed by atoms with Crippen molar-refractivity contribution in [3.63, 3.8) is 0 Å². The molecule has 1 amide bonds. The first-order chi connectivity index (χ1) is 28.6. The van der Waals surface area contributed by atoms with Crippen LogP contribution in [-0.4, -0.2) is 110 Å². The summed E-state index contributed by atoms with van der Waals surface area (Å²) in [4.78, 5) is 69.1. The van der Waals surface area contributed by atoms with Gasteiger partial charge in [0.15, 0.2) is 17.5 Å². The van der Waals surface area contributed by atoms with Gasteiger partial charge in [-0.25, -0.2) is 14.4 Å². The molecular weight excluding hydrogens is 823 g/mol. The van der Waals surface area contributed by atoms with Gasteiger partial charge in [0.1, 0.15) is 35.6 Å². The maximum Gasteiger partial charge on any atom is 0.416 e. The highest BCUT2D eigenvalue weighted by Gasteiger charge is 2.78. The normalized spacial score (nSPS) is 32.6. The lowest BCUT2D eigenvalue weighted by atomic mass is 9.44. The highest BCUT2D eigenvalue weighted by molar-refractivity contribution is 5.94. The molecule has 1 heterocycles. The first-order valence-corrected chi connectivity index (χ1v) is 20.1. The summed E-state index contributed by atoms with van der Waals surface area (Å²) >= 11 is 0. The molecule has 2 aromatic rings. The van der Waals surface area contributed by atoms with Crippen LogP contribution >= 0.6 is 0 Å². The van der Waals surface area contributed by atoms with E-state index in [1.54, 1.807) is 39.0 Å². The van der Waals surface area contributed by atoms with Crippen LogP contribution in [0.25, 0.3) is 0 Å². The quantitative estimate of drug-likeness (QED) is 0.142. The van der Waals surface area contributed by atoms with Crippen LogP contribution in [0.3, 0.4) is 0 Å². The van der Waals surface area contributed by atoms with Crippen molar-refractivity contribution in [2.75, 3.05) is 6.61 Å². The molecule has 2 aromatic carbocycles. The number of aliphatic hydroxyl groups excluding tert-OH is 3. The number of alkyl carbamates (subject to hydrolysis) is 1. The maximum absolute atomic E-state index is 15.0. The van der Waals surface area contributed by atoms with Crippen LogP contribution in [0.2, 0.25) is 0 Å². The third-order valence-corrected chi connectivity index (χ3v) is 13.0. The number of hydrogen-bond donors (Lipinski definition) is 5. The number of alkyl halides is 3. The smallest absolute Gasteiger partial charge is 0.416 e. The molecule has 2 bridgehead atoms. The lowest BCUT2D eigenvalue weighted by Gasteiger charge is -2.67. The van der Waals surface area contributed by atoms with E-state index in [0.29, 0.717) is 6.07 Å². The lowest BCUT2D eigenvalue weighted by Crippen LogP contribution is -2.81. The average Bonchev–Trinajstić information content (AvgIpc) is 3.17. The Kier molecular flexibility index (Phi) is 12.1. The van der Waals surface area contributed by atoms with Crippen LogP contribution < -0.4 is 5.32 Å². The van der Waals surface area contributed by atoms with E-state index in [2.05, 4.69) is 5.32 Å². The summed E-state index contributed by atoms with van der Waals surface area (Å²) in [6.45, 7) is 10.9. The molecule has 62 heavy (non-hydrogen) atoms. The van der Waals surface area contributed by atoms with E-state index >= 15 is 0 Å². The van der Waals surface area contributed by atoms with Crippen LogP contribution in [-0.2, 0) is 44.2 Å². The summed E-state index contributed by atoms with van der Waals surface area (Å²) < 4.78 is 70.6. The molecule has 0 aromatic heterocycles. The van der Waals surface area contributed by atoms with Crippen molar-refractivity contribution >= 4 is 29.8 Å². The zero-order valence-electron chi connectivity index (χ0n) is 35.4. The summed E-state index contributed by atoms with van der Waals surface area (Å²) in [5.41, 5.74) is -11.3. The van der Waals surface area contributed by atoms with Gasteiger partial charge in [0.25, 0.3) is 0 Å². The predicted molar refractivity (Wildman–Crippen MR) is 209 cm³/mol.